The van der Waals surface area contributed by atoms with E-state index in [-0.39, 0.29) is 29.0 Å². The second kappa shape index (κ2) is 10.2. The first-order chi connectivity index (χ1) is 17.3. The summed E-state index contributed by atoms with van der Waals surface area (Å²) in [4.78, 5) is 32.1. The highest BCUT2D eigenvalue weighted by molar-refractivity contribution is 5.99. The Morgan fingerprint density at radius 1 is 0.806 bits per heavy atom. The molecule has 1 saturated carbocycles. The van der Waals surface area contributed by atoms with Crippen molar-refractivity contribution < 1.29 is 22.8 Å². The van der Waals surface area contributed by atoms with Crippen molar-refractivity contribution in [2.24, 2.45) is 5.41 Å². The Morgan fingerprint density at radius 2 is 1.42 bits per heavy atom. The number of hydrogen-bond donors (Lipinski definition) is 0. The maximum absolute atomic E-state index is 14.3. The molecule has 8 heteroatoms. The lowest BCUT2D eigenvalue weighted by atomic mass is 9.76. The van der Waals surface area contributed by atoms with E-state index < -0.39 is 17.5 Å². The van der Waals surface area contributed by atoms with Gasteiger partial charge in [0, 0.05) is 57.7 Å². The van der Waals surface area contributed by atoms with Crippen LogP contribution in [0.15, 0.2) is 42.5 Å². The molecule has 0 unspecified atom stereocenters. The minimum absolute atomic E-state index is 0.0534. The molecule has 192 valence electrons. The highest BCUT2D eigenvalue weighted by Crippen LogP contribution is 2.47. The second-order valence-electron chi connectivity index (χ2n) is 10.6. The highest BCUT2D eigenvalue weighted by Gasteiger charge is 2.47. The van der Waals surface area contributed by atoms with E-state index in [1.165, 1.54) is 4.90 Å². The molecule has 2 aromatic rings. The molecular formula is C28H32F3N3O2. The van der Waals surface area contributed by atoms with Crippen LogP contribution in [0.4, 0.5) is 18.9 Å². The molecule has 5 nitrogen and oxygen atoms in total. The van der Waals surface area contributed by atoms with E-state index in [2.05, 4.69) is 4.90 Å². The van der Waals surface area contributed by atoms with Crippen LogP contribution in [0.3, 0.4) is 0 Å². The monoisotopic (exact) mass is 499 g/mol. The van der Waals surface area contributed by atoms with E-state index >= 15 is 0 Å². The van der Waals surface area contributed by atoms with Crippen LogP contribution >= 0.6 is 0 Å². The van der Waals surface area contributed by atoms with Gasteiger partial charge in [-0.1, -0.05) is 43.2 Å². The maximum Gasteiger partial charge on any atom is 0.230 e. The van der Waals surface area contributed by atoms with Gasteiger partial charge in [-0.05, 0) is 30.2 Å². The fraction of sp³-hybridized carbons (Fsp3) is 0.500. The molecule has 0 bridgehead atoms. The van der Waals surface area contributed by atoms with Crippen LogP contribution in [-0.2, 0) is 16.0 Å². The van der Waals surface area contributed by atoms with Gasteiger partial charge in [-0.25, -0.2) is 13.2 Å². The van der Waals surface area contributed by atoms with Crippen molar-refractivity contribution in [1.82, 2.24) is 9.80 Å². The molecule has 0 radical (unpaired) electrons. The number of anilines is 1. The third kappa shape index (κ3) is 5.14. The molecule has 36 heavy (non-hydrogen) atoms. The number of piperazine rings is 1. The summed E-state index contributed by atoms with van der Waals surface area (Å²) in [5.41, 5.74) is 0.964. The molecule has 1 atom stereocenters. The summed E-state index contributed by atoms with van der Waals surface area (Å²) in [7, 11) is 0. The fourth-order valence-corrected chi connectivity index (χ4v) is 6.25. The first-order valence-corrected chi connectivity index (χ1v) is 12.8. The third-order valence-corrected chi connectivity index (χ3v) is 8.11. The van der Waals surface area contributed by atoms with Crippen molar-refractivity contribution in [1.29, 1.82) is 0 Å². The average molecular weight is 500 g/mol. The maximum atomic E-state index is 14.3. The van der Waals surface area contributed by atoms with Gasteiger partial charge in [0.05, 0.1) is 11.7 Å². The predicted molar refractivity (Wildman–Crippen MR) is 131 cm³/mol. The van der Waals surface area contributed by atoms with E-state index in [4.69, 9.17) is 0 Å². The normalized spacial score (nSPS) is 21.4. The second-order valence-corrected chi connectivity index (χ2v) is 10.6. The van der Waals surface area contributed by atoms with Crippen LogP contribution in [0.2, 0.25) is 0 Å². The van der Waals surface area contributed by atoms with Gasteiger partial charge in [0.15, 0.2) is 11.6 Å². The summed E-state index contributed by atoms with van der Waals surface area (Å²) in [6.07, 6.45) is 5.51. The summed E-state index contributed by atoms with van der Waals surface area (Å²) < 4.78 is 41.3. The number of rotatable bonds is 6. The topological polar surface area (TPSA) is 43.9 Å². The fourth-order valence-electron chi connectivity index (χ4n) is 6.25. The Labute approximate surface area is 209 Å². The summed E-state index contributed by atoms with van der Waals surface area (Å²) >= 11 is 0. The Bertz CT molecular complexity index is 1090. The Morgan fingerprint density at radius 3 is 2.06 bits per heavy atom. The molecule has 2 amide bonds. The van der Waals surface area contributed by atoms with Gasteiger partial charge in [-0.15, -0.1) is 0 Å². The van der Waals surface area contributed by atoms with Gasteiger partial charge in [-0.3, -0.25) is 19.4 Å². The molecule has 2 saturated heterocycles. The molecule has 2 aromatic carbocycles. The van der Waals surface area contributed by atoms with Crippen molar-refractivity contribution in [2.75, 3.05) is 37.6 Å². The summed E-state index contributed by atoms with van der Waals surface area (Å²) in [5.74, 6) is -3.20. The van der Waals surface area contributed by atoms with Gasteiger partial charge in [0.2, 0.25) is 11.8 Å². The molecule has 1 aliphatic carbocycles. The minimum atomic E-state index is -1.20. The van der Waals surface area contributed by atoms with Gasteiger partial charge in [-0.2, -0.15) is 0 Å². The number of piperidine rings is 1. The van der Waals surface area contributed by atoms with E-state index in [1.54, 1.807) is 4.90 Å². The number of likely N-dealkylation sites (tertiary alicyclic amines) is 1. The van der Waals surface area contributed by atoms with E-state index in [0.29, 0.717) is 58.1 Å². The Balaban J connectivity index is 1.29. The number of carbonyl (C=O) groups is 2. The summed E-state index contributed by atoms with van der Waals surface area (Å²) in [6, 6.07) is 11.1. The minimum Gasteiger partial charge on any atom is -0.367 e. The zero-order chi connectivity index (χ0) is 25.3. The van der Waals surface area contributed by atoms with Gasteiger partial charge in [0.25, 0.3) is 0 Å². The SMILES string of the molecule is O=C1CC2(CCCC2)CC(=O)N1[C@H](Cc1ccccc1)CN1CCN(c2cc(F)c(F)cc2F)CC1. The number of hydrogen-bond acceptors (Lipinski definition) is 4. The van der Waals surface area contributed by atoms with Crippen molar-refractivity contribution >= 4 is 17.5 Å². The molecule has 0 aromatic heterocycles. The lowest BCUT2D eigenvalue weighted by Crippen LogP contribution is -2.57. The summed E-state index contributed by atoms with van der Waals surface area (Å²) in [5, 5.41) is 0. The largest absolute Gasteiger partial charge is 0.367 e. The first-order valence-electron chi connectivity index (χ1n) is 12.8. The van der Waals surface area contributed by atoms with Crippen molar-refractivity contribution in [2.45, 2.75) is 51.0 Å². The van der Waals surface area contributed by atoms with E-state index in [0.717, 1.165) is 37.3 Å². The Hall–Kier alpha value is -2.87. The zero-order valence-corrected chi connectivity index (χ0v) is 20.4. The number of halogens is 3. The van der Waals surface area contributed by atoms with Crippen molar-refractivity contribution in [3.63, 3.8) is 0 Å². The van der Waals surface area contributed by atoms with Gasteiger partial charge in [0.1, 0.15) is 5.82 Å². The van der Waals surface area contributed by atoms with Crippen LogP contribution in [0, 0.1) is 22.9 Å². The smallest absolute Gasteiger partial charge is 0.230 e. The highest BCUT2D eigenvalue weighted by atomic mass is 19.2. The number of nitrogens with zero attached hydrogens (tertiary/aromatic N) is 3. The van der Waals surface area contributed by atoms with Crippen LogP contribution in [0.5, 0.6) is 0 Å². The van der Waals surface area contributed by atoms with Gasteiger partial charge < -0.3 is 4.90 Å². The van der Waals surface area contributed by atoms with Crippen LogP contribution in [-0.4, -0.2) is 60.4 Å². The lowest BCUT2D eigenvalue weighted by Gasteiger charge is -2.43. The summed E-state index contributed by atoms with van der Waals surface area (Å²) in [6.45, 7) is 2.51. The number of amides is 2. The number of carbonyl (C=O) groups excluding carboxylic acids is 2. The molecule has 2 aliphatic heterocycles. The van der Waals surface area contributed by atoms with Crippen molar-refractivity contribution in [3.8, 4) is 0 Å². The first kappa shape index (κ1) is 24.8. The van der Waals surface area contributed by atoms with Crippen LogP contribution in [0.1, 0.15) is 44.1 Å². The molecule has 1 spiro atoms. The molecule has 0 N–H and O–H groups in total. The number of imide groups is 1. The molecular weight excluding hydrogens is 467 g/mol. The number of benzene rings is 2. The van der Waals surface area contributed by atoms with Crippen LogP contribution < -0.4 is 4.90 Å². The van der Waals surface area contributed by atoms with Crippen LogP contribution in [0.25, 0.3) is 0 Å². The molecule has 2 heterocycles. The standard InChI is InChI=1S/C28H32F3N3O2/c29-22-15-24(31)25(16-23(22)30)33-12-10-32(11-13-33)19-21(14-20-6-2-1-3-7-20)34-26(35)17-28(18-27(34)36)8-4-5-9-28/h1-3,6-7,15-16,21H,4-5,8-14,17-19H2/t21-/m1/s1. The molecule has 5 rings (SSSR count). The van der Waals surface area contributed by atoms with E-state index in [1.807, 2.05) is 30.3 Å². The van der Waals surface area contributed by atoms with E-state index in [9.17, 15) is 22.8 Å². The average Bonchev–Trinajstić information content (AvgIpc) is 3.29. The lowest BCUT2D eigenvalue weighted by molar-refractivity contribution is -0.156. The molecule has 3 fully saturated rings. The molecule has 3 aliphatic rings. The third-order valence-electron chi connectivity index (χ3n) is 8.11. The van der Waals surface area contributed by atoms with Gasteiger partial charge >= 0.3 is 0 Å². The zero-order valence-electron chi connectivity index (χ0n) is 20.4. The Kier molecular flexibility index (Phi) is 7.06. The van der Waals surface area contributed by atoms with Crippen molar-refractivity contribution in [3.05, 3.63) is 65.5 Å². The quantitative estimate of drug-likeness (QED) is 0.432. The predicted octanol–water partition coefficient (Wildman–Crippen LogP) is 4.55.